The first-order chi connectivity index (χ1) is 14.9. The Balaban J connectivity index is 1.55. The maximum absolute atomic E-state index is 13.8. The van der Waals surface area contributed by atoms with E-state index in [1.165, 1.54) is 29.5 Å². The summed E-state index contributed by atoms with van der Waals surface area (Å²) in [5, 5.41) is 6.44. The van der Waals surface area contributed by atoms with E-state index in [2.05, 4.69) is 15.6 Å². The highest BCUT2D eigenvalue weighted by Gasteiger charge is 2.22. The lowest BCUT2D eigenvalue weighted by molar-refractivity contribution is -0.117. The minimum Gasteiger partial charge on any atom is -0.467 e. The van der Waals surface area contributed by atoms with Crippen LogP contribution in [-0.2, 0) is 17.8 Å². The molecule has 1 atom stereocenters. The zero-order chi connectivity index (χ0) is 22.0. The first-order valence-corrected chi connectivity index (χ1v) is 10.8. The number of aromatic nitrogens is 1. The van der Waals surface area contributed by atoms with Crippen LogP contribution in [0.15, 0.2) is 53.1 Å². The van der Waals surface area contributed by atoms with Gasteiger partial charge in [-0.15, -0.1) is 11.3 Å². The molecule has 6 nitrogen and oxygen atoms in total. The lowest BCUT2D eigenvalue weighted by atomic mass is 10.1. The van der Waals surface area contributed by atoms with E-state index < -0.39 is 17.8 Å². The number of nitrogens with one attached hydrogen (secondary N) is 2. The van der Waals surface area contributed by atoms with Crippen molar-refractivity contribution in [2.75, 3.05) is 10.6 Å². The normalized spacial score (nSPS) is 12.1. The van der Waals surface area contributed by atoms with E-state index in [9.17, 15) is 9.18 Å². The Morgan fingerprint density at radius 3 is 2.77 bits per heavy atom. The van der Waals surface area contributed by atoms with Crippen molar-refractivity contribution in [1.29, 1.82) is 0 Å². The molecule has 0 bridgehead atoms. The molecule has 0 saturated carbocycles. The van der Waals surface area contributed by atoms with Crippen molar-refractivity contribution >= 4 is 62.0 Å². The molecule has 0 fully saturated rings. The predicted molar refractivity (Wildman–Crippen MR) is 122 cm³/mol. The van der Waals surface area contributed by atoms with Crippen molar-refractivity contribution in [3.8, 4) is 0 Å². The van der Waals surface area contributed by atoms with Crippen LogP contribution < -0.4 is 16.4 Å². The van der Waals surface area contributed by atoms with Gasteiger partial charge in [0, 0.05) is 17.4 Å². The second-order valence-corrected chi connectivity index (χ2v) is 8.59. The Morgan fingerprint density at radius 1 is 1.23 bits per heavy atom. The molecule has 0 saturated heterocycles. The van der Waals surface area contributed by atoms with Crippen LogP contribution in [0.5, 0.6) is 0 Å². The van der Waals surface area contributed by atoms with Crippen molar-refractivity contribution in [3.05, 3.63) is 75.4 Å². The van der Waals surface area contributed by atoms with Gasteiger partial charge in [0.25, 0.3) is 0 Å². The number of benzene rings is 1. The molecule has 4 rings (SSSR count). The lowest BCUT2D eigenvalue weighted by Crippen LogP contribution is -2.37. The van der Waals surface area contributed by atoms with Crippen LogP contribution in [-0.4, -0.2) is 16.9 Å². The van der Waals surface area contributed by atoms with Gasteiger partial charge in [0.05, 0.1) is 39.9 Å². The second-order valence-electron chi connectivity index (χ2n) is 6.72. The van der Waals surface area contributed by atoms with Gasteiger partial charge in [0.1, 0.15) is 22.2 Å². The standard InChI is InChI=1S/C21H17Cl2FN4O2S/c22-17-9-15(26-10-11-4-3-7-30-11)20-19(28-17)18(23)16(31-20)8-13(25)21(29)27-14-6-2-1-5-12(14)24/h1-7,9,13H,8,10,25H2,(H,26,28)(H,27,29). The molecule has 1 amide bonds. The summed E-state index contributed by atoms with van der Waals surface area (Å²) in [4.78, 5) is 17.5. The number of rotatable bonds is 7. The topological polar surface area (TPSA) is 93.2 Å². The Labute approximate surface area is 191 Å². The molecular weight excluding hydrogens is 462 g/mol. The van der Waals surface area contributed by atoms with Gasteiger partial charge in [-0.25, -0.2) is 9.37 Å². The quantitative estimate of drug-likeness (QED) is 0.306. The van der Waals surface area contributed by atoms with E-state index in [0.717, 1.165) is 16.1 Å². The number of para-hydroxylation sites is 1. The third-order valence-corrected chi connectivity index (χ3v) is 6.47. The number of amides is 1. The molecule has 0 radical (unpaired) electrons. The molecule has 31 heavy (non-hydrogen) atoms. The van der Waals surface area contributed by atoms with Crippen molar-refractivity contribution in [1.82, 2.24) is 4.98 Å². The largest absolute Gasteiger partial charge is 0.467 e. The zero-order valence-corrected chi connectivity index (χ0v) is 18.3. The van der Waals surface area contributed by atoms with Crippen LogP contribution in [0.3, 0.4) is 0 Å². The Kier molecular flexibility index (Phi) is 6.43. The summed E-state index contributed by atoms with van der Waals surface area (Å²) in [7, 11) is 0. The number of pyridine rings is 1. The Morgan fingerprint density at radius 2 is 2.03 bits per heavy atom. The van der Waals surface area contributed by atoms with Gasteiger partial charge in [-0.3, -0.25) is 4.79 Å². The number of halogens is 3. The molecule has 0 aliphatic heterocycles. The molecule has 3 heterocycles. The molecule has 3 aromatic heterocycles. The van der Waals surface area contributed by atoms with E-state index in [1.807, 2.05) is 6.07 Å². The summed E-state index contributed by atoms with van der Waals surface area (Å²) < 4.78 is 19.9. The van der Waals surface area contributed by atoms with Gasteiger partial charge in [-0.05, 0) is 24.3 Å². The molecule has 4 N–H and O–H groups in total. The molecular formula is C21H17Cl2FN4O2S. The second kappa shape index (κ2) is 9.23. The fourth-order valence-electron chi connectivity index (χ4n) is 2.99. The number of carbonyl (C=O) groups excluding carboxylic acids is 1. The van der Waals surface area contributed by atoms with Crippen LogP contribution >= 0.6 is 34.5 Å². The van der Waals surface area contributed by atoms with Crippen LogP contribution in [0.1, 0.15) is 10.6 Å². The fraction of sp³-hybridized carbons (Fsp3) is 0.143. The molecule has 0 aliphatic rings. The van der Waals surface area contributed by atoms with E-state index in [-0.39, 0.29) is 17.3 Å². The smallest absolute Gasteiger partial charge is 0.241 e. The Bertz CT molecular complexity index is 1230. The number of thiophene rings is 1. The maximum atomic E-state index is 13.8. The summed E-state index contributed by atoms with van der Waals surface area (Å²) >= 11 is 14.1. The highest BCUT2D eigenvalue weighted by Crippen LogP contribution is 2.40. The lowest BCUT2D eigenvalue weighted by Gasteiger charge is -2.12. The van der Waals surface area contributed by atoms with E-state index in [0.29, 0.717) is 22.0 Å². The number of anilines is 2. The molecule has 10 heteroatoms. The molecule has 0 aliphatic carbocycles. The Hall–Kier alpha value is -2.65. The summed E-state index contributed by atoms with van der Waals surface area (Å²) in [5.41, 5.74) is 7.41. The van der Waals surface area contributed by atoms with Crippen molar-refractivity contribution in [2.24, 2.45) is 5.73 Å². The summed E-state index contributed by atoms with van der Waals surface area (Å²) in [6.45, 7) is 0.456. The molecule has 4 aromatic rings. The number of nitrogens with zero attached hydrogens (tertiary/aromatic N) is 1. The predicted octanol–water partition coefficient (Wildman–Crippen LogP) is 5.46. The van der Waals surface area contributed by atoms with Crippen LogP contribution in [0.2, 0.25) is 10.2 Å². The number of hydrogen-bond acceptors (Lipinski definition) is 6. The van der Waals surface area contributed by atoms with Gasteiger partial charge in [0.15, 0.2) is 0 Å². The maximum Gasteiger partial charge on any atom is 0.241 e. The average molecular weight is 479 g/mol. The number of carbonyl (C=O) groups is 1. The SMILES string of the molecule is NC(Cc1sc2c(NCc3ccco3)cc(Cl)nc2c1Cl)C(=O)Nc1ccccc1F. The third kappa shape index (κ3) is 4.83. The average Bonchev–Trinajstić information content (AvgIpc) is 3.37. The number of furan rings is 1. The fourth-order valence-corrected chi connectivity index (χ4v) is 4.75. The van der Waals surface area contributed by atoms with Crippen molar-refractivity contribution in [2.45, 2.75) is 19.0 Å². The van der Waals surface area contributed by atoms with Crippen LogP contribution in [0, 0.1) is 5.82 Å². The molecule has 0 spiro atoms. The minimum absolute atomic E-state index is 0.0725. The van der Waals surface area contributed by atoms with Gasteiger partial charge >= 0.3 is 0 Å². The molecule has 1 unspecified atom stereocenters. The highest BCUT2D eigenvalue weighted by atomic mass is 35.5. The van der Waals surface area contributed by atoms with E-state index in [4.69, 9.17) is 33.4 Å². The summed E-state index contributed by atoms with van der Waals surface area (Å²) in [6.07, 6.45) is 1.76. The van der Waals surface area contributed by atoms with Gasteiger partial charge in [-0.2, -0.15) is 0 Å². The number of hydrogen-bond donors (Lipinski definition) is 3. The number of fused-ring (bicyclic) bond motifs is 1. The minimum atomic E-state index is -0.930. The third-order valence-electron chi connectivity index (χ3n) is 4.53. The first-order valence-electron chi connectivity index (χ1n) is 9.27. The van der Waals surface area contributed by atoms with Crippen LogP contribution in [0.4, 0.5) is 15.8 Å². The van der Waals surface area contributed by atoms with Crippen LogP contribution in [0.25, 0.3) is 10.2 Å². The first kappa shape index (κ1) is 21.6. The van der Waals surface area contributed by atoms with E-state index >= 15 is 0 Å². The highest BCUT2D eigenvalue weighted by molar-refractivity contribution is 7.20. The van der Waals surface area contributed by atoms with Gasteiger partial charge in [-0.1, -0.05) is 35.3 Å². The summed E-state index contributed by atoms with van der Waals surface area (Å²) in [5.74, 6) is -0.286. The van der Waals surface area contributed by atoms with Crippen molar-refractivity contribution < 1.29 is 13.6 Å². The van der Waals surface area contributed by atoms with E-state index in [1.54, 1.807) is 24.5 Å². The van der Waals surface area contributed by atoms with Crippen molar-refractivity contribution in [3.63, 3.8) is 0 Å². The summed E-state index contributed by atoms with van der Waals surface area (Å²) in [6, 6.07) is 10.3. The molecule has 160 valence electrons. The zero-order valence-electron chi connectivity index (χ0n) is 16.0. The number of nitrogens with two attached hydrogens (primary N) is 1. The molecule has 1 aromatic carbocycles. The van der Waals surface area contributed by atoms with Gasteiger partial charge < -0.3 is 20.8 Å². The van der Waals surface area contributed by atoms with Gasteiger partial charge in [0.2, 0.25) is 5.91 Å². The monoisotopic (exact) mass is 478 g/mol.